The molecule has 1 aliphatic rings. The number of rotatable bonds is 4. The summed E-state index contributed by atoms with van der Waals surface area (Å²) in [7, 11) is 0. The van der Waals surface area contributed by atoms with Crippen LogP contribution in [-0.2, 0) is 11.2 Å². The molecular formula is C12H17N3O2S. The summed E-state index contributed by atoms with van der Waals surface area (Å²) >= 11 is 1.55. The van der Waals surface area contributed by atoms with Crippen molar-refractivity contribution in [3.63, 3.8) is 0 Å². The molecule has 1 aromatic rings. The number of hydrogen-bond donors (Lipinski definition) is 3. The molecule has 0 aromatic carbocycles. The van der Waals surface area contributed by atoms with Crippen LogP contribution in [0.2, 0.25) is 0 Å². The first-order chi connectivity index (χ1) is 8.66. The Labute approximate surface area is 110 Å². The average molecular weight is 267 g/mol. The van der Waals surface area contributed by atoms with Crippen LogP contribution in [0.15, 0.2) is 22.7 Å². The quantitative estimate of drug-likeness (QED) is 0.334. The van der Waals surface area contributed by atoms with Crippen molar-refractivity contribution in [1.82, 2.24) is 5.32 Å². The summed E-state index contributed by atoms with van der Waals surface area (Å²) in [6, 6.07) is 3.84. The number of nitrogens with zero attached hydrogens (tertiary/aromatic N) is 1. The Morgan fingerprint density at radius 1 is 1.56 bits per heavy atom. The number of nitrogens with two attached hydrogens (primary N) is 1. The fourth-order valence-electron chi connectivity index (χ4n) is 2.40. The lowest BCUT2D eigenvalue weighted by Gasteiger charge is -2.28. The summed E-state index contributed by atoms with van der Waals surface area (Å²) in [5.74, 6) is 0.0329. The van der Waals surface area contributed by atoms with E-state index in [1.165, 1.54) is 0 Å². The molecule has 1 saturated carbocycles. The number of carbonyl (C=O) groups excluding carboxylic acids is 1. The summed E-state index contributed by atoms with van der Waals surface area (Å²) in [5, 5.41) is 16.8. The van der Waals surface area contributed by atoms with Gasteiger partial charge in [0.15, 0.2) is 5.84 Å². The molecular weight excluding hydrogens is 250 g/mol. The van der Waals surface area contributed by atoms with Gasteiger partial charge in [-0.3, -0.25) is 4.79 Å². The van der Waals surface area contributed by atoms with Crippen LogP contribution in [0.3, 0.4) is 0 Å². The molecule has 2 rings (SSSR count). The summed E-state index contributed by atoms with van der Waals surface area (Å²) in [4.78, 5) is 13.0. The number of amides is 1. The average Bonchev–Trinajstić information content (AvgIpc) is 3.00. The van der Waals surface area contributed by atoms with E-state index in [4.69, 9.17) is 10.9 Å². The molecule has 0 unspecified atom stereocenters. The van der Waals surface area contributed by atoms with Crippen LogP contribution in [0.25, 0.3) is 0 Å². The first-order valence-electron chi connectivity index (χ1n) is 5.98. The van der Waals surface area contributed by atoms with Crippen LogP contribution in [-0.4, -0.2) is 22.5 Å². The Balaban J connectivity index is 2.03. The second-order valence-electron chi connectivity index (χ2n) is 4.58. The molecule has 1 amide bonds. The van der Waals surface area contributed by atoms with Gasteiger partial charge in [0.05, 0.1) is 6.42 Å². The maximum Gasteiger partial charge on any atom is 0.226 e. The zero-order valence-electron chi connectivity index (χ0n) is 10.1. The van der Waals surface area contributed by atoms with Crippen LogP contribution in [0.5, 0.6) is 0 Å². The van der Waals surface area contributed by atoms with Gasteiger partial charge in [0.1, 0.15) is 5.54 Å². The molecule has 0 radical (unpaired) electrons. The van der Waals surface area contributed by atoms with E-state index in [1.54, 1.807) is 11.3 Å². The third kappa shape index (κ3) is 2.64. The maximum atomic E-state index is 12.0. The van der Waals surface area contributed by atoms with Gasteiger partial charge in [-0.15, -0.1) is 11.3 Å². The maximum absolute atomic E-state index is 12.0. The van der Waals surface area contributed by atoms with Crippen molar-refractivity contribution in [2.75, 3.05) is 0 Å². The van der Waals surface area contributed by atoms with Gasteiger partial charge >= 0.3 is 0 Å². The van der Waals surface area contributed by atoms with E-state index < -0.39 is 5.54 Å². The largest absolute Gasteiger partial charge is 0.409 e. The van der Waals surface area contributed by atoms with Gasteiger partial charge < -0.3 is 16.3 Å². The first kappa shape index (κ1) is 12.9. The molecule has 18 heavy (non-hydrogen) atoms. The number of hydrogen-bond acceptors (Lipinski definition) is 4. The topological polar surface area (TPSA) is 87.7 Å². The highest BCUT2D eigenvalue weighted by atomic mass is 32.1. The predicted molar refractivity (Wildman–Crippen MR) is 70.8 cm³/mol. The lowest BCUT2D eigenvalue weighted by Crippen LogP contribution is -2.56. The van der Waals surface area contributed by atoms with Gasteiger partial charge in [0.2, 0.25) is 5.91 Å². The second-order valence-corrected chi connectivity index (χ2v) is 5.61. The molecule has 0 bridgehead atoms. The van der Waals surface area contributed by atoms with E-state index in [0.29, 0.717) is 6.42 Å². The molecule has 0 aliphatic heterocycles. The Kier molecular flexibility index (Phi) is 3.86. The van der Waals surface area contributed by atoms with Crippen molar-refractivity contribution in [1.29, 1.82) is 0 Å². The Bertz CT molecular complexity index is 436. The summed E-state index contributed by atoms with van der Waals surface area (Å²) in [6.07, 6.45) is 3.78. The smallest absolute Gasteiger partial charge is 0.226 e. The third-order valence-electron chi connectivity index (χ3n) is 3.35. The zero-order valence-corrected chi connectivity index (χ0v) is 10.9. The van der Waals surface area contributed by atoms with E-state index in [9.17, 15) is 4.79 Å². The summed E-state index contributed by atoms with van der Waals surface area (Å²) in [5.41, 5.74) is 5.07. The van der Waals surface area contributed by atoms with E-state index in [2.05, 4.69) is 10.5 Å². The molecule has 1 aromatic heterocycles. The van der Waals surface area contributed by atoms with E-state index in [0.717, 1.165) is 30.6 Å². The highest BCUT2D eigenvalue weighted by Crippen LogP contribution is 2.30. The number of nitrogens with one attached hydrogen (secondary N) is 1. The van der Waals surface area contributed by atoms with Crippen LogP contribution in [0.1, 0.15) is 30.6 Å². The minimum atomic E-state index is -0.650. The van der Waals surface area contributed by atoms with Gasteiger partial charge in [-0.2, -0.15) is 0 Å². The molecule has 1 aliphatic carbocycles. The fourth-order valence-corrected chi connectivity index (χ4v) is 3.11. The van der Waals surface area contributed by atoms with Gasteiger partial charge in [-0.25, -0.2) is 0 Å². The highest BCUT2D eigenvalue weighted by Gasteiger charge is 2.39. The Morgan fingerprint density at radius 2 is 2.28 bits per heavy atom. The molecule has 0 atom stereocenters. The number of thiophene rings is 1. The zero-order chi connectivity index (χ0) is 13.0. The monoisotopic (exact) mass is 267 g/mol. The van der Waals surface area contributed by atoms with Crippen LogP contribution in [0.4, 0.5) is 0 Å². The van der Waals surface area contributed by atoms with E-state index in [-0.39, 0.29) is 11.7 Å². The van der Waals surface area contributed by atoms with Crippen molar-refractivity contribution >= 4 is 23.1 Å². The molecule has 5 nitrogen and oxygen atoms in total. The molecule has 1 fully saturated rings. The lowest BCUT2D eigenvalue weighted by atomic mass is 9.96. The van der Waals surface area contributed by atoms with Crippen molar-refractivity contribution in [2.45, 2.75) is 37.6 Å². The minimum absolute atomic E-state index is 0.0778. The van der Waals surface area contributed by atoms with Gasteiger partial charge in [-0.1, -0.05) is 24.1 Å². The van der Waals surface area contributed by atoms with Crippen LogP contribution < -0.4 is 11.1 Å². The van der Waals surface area contributed by atoms with Crippen molar-refractivity contribution in [2.24, 2.45) is 10.9 Å². The molecule has 0 saturated heterocycles. The number of carbonyl (C=O) groups is 1. The van der Waals surface area contributed by atoms with Crippen LogP contribution >= 0.6 is 11.3 Å². The van der Waals surface area contributed by atoms with Crippen LogP contribution in [0, 0.1) is 0 Å². The fraction of sp³-hybridized carbons (Fsp3) is 0.500. The van der Waals surface area contributed by atoms with Gasteiger partial charge in [0, 0.05) is 4.88 Å². The summed E-state index contributed by atoms with van der Waals surface area (Å²) < 4.78 is 0. The van der Waals surface area contributed by atoms with Crippen molar-refractivity contribution in [3.05, 3.63) is 22.4 Å². The van der Waals surface area contributed by atoms with Gasteiger partial charge in [-0.05, 0) is 24.3 Å². The molecule has 98 valence electrons. The predicted octanol–water partition coefficient (Wildman–Crippen LogP) is 1.47. The Hall–Kier alpha value is -1.56. The SMILES string of the molecule is N/C(=N/O)C1(NC(=O)Cc2cccs2)CCCC1. The van der Waals surface area contributed by atoms with E-state index >= 15 is 0 Å². The lowest BCUT2D eigenvalue weighted by molar-refractivity contribution is -0.121. The number of amidine groups is 1. The number of oxime groups is 1. The Morgan fingerprint density at radius 3 is 2.83 bits per heavy atom. The minimum Gasteiger partial charge on any atom is -0.409 e. The first-order valence-corrected chi connectivity index (χ1v) is 6.86. The standard InChI is InChI=1S/C12H17N3O2S/c13-11(15-17)12(5-1-2-6-12)14-10(16)8-9-4-3-7-18-9/h3-4,7,17H,1-2,5-6,8H2,(H2,13,15)(H,14,16). The summed E-state index contributed by atoms with van der Waals surface area (Å²) in [6.45, 7) is 0. The normalized spacial score (nSPS) is 18.8. The highest BCUT2D eigenvalue weighted by molar-refractivity contribution is 7.10. The third-order valence-corrected chi connectivity index (χ3v) is 4.23. The van der Waals surface area contributed by atoms with Crippen molar-refractivity contribution in [3.8, 4) is 0 Å². The second kappa shape index (κ2) is 5.39. The molecule has 6 heteroatoms. The molecule has 0 spiro atoms. The molecule has 4 N–H and O–H groups in total. The van der Waals surface area contributed by atoms with E-state index in [1.807, 2.05) is 17.5 Å². The van der Waals surface area contributed by atoms with Crippen molar-refractivity contribution < 1.29 is 10.0 Å². The molecule has 1 heterocycles. The van der Waals surface area contributed by atoms with Gasteiger partial charge in [0.25, 0.3) is 0 Å².